The highest BCUT2D eigenvalue weighted by atomic mass is 19.1. The zero-order valence-corrected chi connectivity index (χ0v) is 13.1. The third-order valence-electron chi connectivity index (χ3n) is 4.83. The molecule has 0 amide bonds. The largest absolute Gasteiger partial charge is 0.369 e. The lowest BCUT2D eigenvalue weighted by molar-refractivity contribution is 0.247. The lowest BCUT2D eigenvalue weighted by Gasteiger charge is -2.29. The number of likely N-dealkylation sites (tertiary alicyclic amines) is 1. The fraction of sp³-hybridized carbons (Fsp3) is 0.471. The summed E-state index contributed by atoms with van der Waals surface area (Å²) in [6.45, 7) is 2.94. The van der Waals surface area contributed by atoms with Gasteiger partial charge in [-0.1, -0.05) is 0 Å². The first-order valence-corrected chi connectivity index (χ1v) is 8.13. The number of hydrogen-bond donors (Lipinski definition) is 1. The molecule has 0 bridgehead atoms. The summed E-state index contributed by atoms with van der Waals surface area (Å²) in [6, 6.07) is 3.64. The molecule has 6 heteroatoms. The van der Waals surface area contributed by atoms with Gasteiger partial charge in [0.2, 0.25) is 0 Å². The van der Waals surface area contributed by atoms with Gasteiger partial charge in [0.05, 0.1) is 5.69 Å². The molecule has 1 N–H and O–H groups in total. The predicted molar refractivity (Wildman–Crippen MR) is 85.1 cm³/mol. The normalized spacial score (nSPS) is 21.3. The molecule has 23 heavy (non-hydrogen) atoms. The SMILES string of the molecule is CN1CCCC(c2nn(-c3ccc(F)cc3F)c3c2CCN3)C1. The van der Waals surface area contributed by atoms with Gasteiger partial charge in [0, 0.05) is 30.6 Å². The van der Waals surface area contributed by atoms with Crippen LogP contribution in [0.5, 0.6) is 0 Å². The molecule has 2 aliphatic heterocycles. The van der Waals surface area contributed by atoms with Gasteiger partial charge in [-0.15, -0.1) is 0 Å². The Morgan fingerprint density at radius 2 is 2.17 bits per heavy atom. The number of rotatable bonds is 2. The standard InChI is InChI=1S/C17H20F2N4/c1-22-8-2-3-11(10-22)16-13-6-7-20-17(13)23(21-16)15-5-4-12(18)9-14(15)19/h4-5,9,11,20H,2-3,6-8,10H2,1H3. The molecule has 4 nitrogen and oxygen atoms in total. The van der Waals surface area contributed by atoms with Crippen molar-refractivity contribution in [3.63, 3.8) is 0 Å². The zero-order chi connectivity index (χ0) is 16.0. The molecule has 1 saturated heterocycles. The van der Waals surface area contributed by atoms with Crippen molar-refractivity contribution in [1.82, 2.24) is 14.7 Å². The van der Waals surface area contributed by atoms with Gasteiger partial charge < -0.3 is 10.2 Å². The third-order valence-corrected chi connectivity index (χ3v) is 4.83. The summed E-state index contributed by atoms with van der Waals surface area (Å²) in [7, 11) is 2.13. The van der Waals surface area contributed by atoms with Crippen LogP contribution in [0.3, 0.4) is 0 Å². The molecular weight excluding hydrogens is 298 g/mol. The number of anilines is 1. The molecular formula is C17H20F2N4. The van der Waals surface area contributed by atoms with E-state index in [2.05, 4.69) is 17.3 Å². The summed E-state index contributed by atoms with van der Waals surface area (Å²) in [5, 5.41) is 8.02. The number of piperidine rings is 1. The summed E-state index contributed by atoms with van der Waals surface area (Å²) in [4.78, 5) is 2.32. The smallest absolute Gasteiger partial charge is 0.151 e. The predicted octanol–water partition coefficient (Wildman–Crippen LogP) is 2.93. The van der Waals surface area contributed by atoms with Crippen molar-refractivity contribution >= 4 is 5.82 Å². The first kappa shape index (κ1) is 14.6. The highest BCUT2D eigenvalue weighted by Gasteiger charge is 2.30. The number of benzene rings is 1. The first-order valence-electron chi connectivity index (χ1n) is 8.13. The van der Waals surface area contributed by atoms with E-state index in [4.69, 9.17) is 5.10 Å². The van der Waals surface area contributed by atoms with Crippen molar-refractivity contribution in [3.8, 4) is 5.69 Å². The summed E-state index contributed by atoms with van der Waals surface area (Å²) in [5.74, 6) is 0.0827. The third kappa shape index (κ3) is 2.51. The van der Waals surface area contributed by atoms with Crippen molar-refractivity contribution in [2.75, 3.05) is 32.0 Å². The molecule has 0 saturated carbocycles. The van der Waals surface area contributed by atoms with Gasteiger partial charge in [-0.3, -0.25) is 0 Å². The average molecular weight is 318 g/mol. The fourth-order valence-corrected chi connectivity index (χ4v) is 3.75. The van der Waals surface area contributed by atoms with Crippen molar-refractivity contribution in [3.05, 3.63) is 41.1 Å². The minimum Gasteiger partial charge on any atom is -0.369 e. The molecule has 4 rings (SSSR count). The Balaban J connectivity index is 1.78. The monoisotopic (exact) mass is 318 g/mol. The van der Waals surface area contributed by atoms with Gasteiger partial charge in [0.1, 0.15) is 17.3 Å². The molecule has 3 heterocycles. The first-order chi connectivity index (χ1) is 11.1. The Kier molecular flexibility index (Phi) is 3.56. The Hall–Kier alpha value is -1.95. The highest BCUT2D eigenvalue weighted by Crippen LogP contribution is 2.36. The maximum Gasteiger partial charge on any atom is 0.151 e. The van der Waals surface area contributed by atoms with Crippen LogP contribution in [0, 0.1) is 11.6 Å². The molecule has 0 spiro atoms. The quantitative estimate of drug-likeness (QED) is 0.924. The van der Waals surface area contributed by atoms with Gasteiger partial charge in [0.25, 0.3) is 0 Å². The van der Waals surface area contributed by atoms with Crippen LogP contribution in [0.25, 0.3) is 5.69 Å². The Morgan fingerprint density at radius 1 is 1.30 bits per heavy atom. The lowest BCUT2D eigenvalue weighted by atomic mass is 9.92. The van der Waals surface area contributed by atoms with Crippen LogP contribution in [-0.2, 0) is 6.42 Å². The van der Waals surface area contributed by atoms with E-state index in [-0.39, 0.29) is 0 Å². The second kappa shape index (κ2) is 5.60. The number of halogens is 2. The van der Waals surface area contributed by atoms with E-state index in [0.29, 0.717) is 11.6 Å². The van der Waals surface area contributed by atoms with Crippen LogP contribution in [0.2, 0.25) is 0 Å². The van der Waals surface area contributed by atoms with E-state index < -0.39 is 11.6 Å². The summed E-state index contributed by atoms with van der Waals surface area (Å²) in [6.07, 6.45) is 3.18. The van der Waals surface area contributed by atoms with Crippen LogP contribution >= 0.6 is 0 Å². The summed E-state index contributed by atoms with van der Waals surface area (Å²) >= 11 is 0. The molecule has 122 valence electrons. The zero-order valence-electron chi connectivity index (χ0n) is 13.1. The molecule has 1 fully saturated rings. The number of nitrogens with one attached hydrogen (secondary N) is 1. The van der Waals surface area contributed by atoms with Crippen molar-refractivity contribution in [2.24, 2.45) is 0 Å². The molecule has 1 atom stereocenters. The van der Waals surface area contributed by atoms with E-state index in [1.54, 1.807) is 4.68 Å². The van der Waals surface area contributed by atoms with Crippen LogP contribution in [0.4, 0.5) is 14.6 Å². The van der Waals surface area contributed by atoms with Crippen molar-refractivity contribution in [1.29, 1.82) is 0 Å². The second-order valence-corrected chi connectivity index (χ2v) is 6.50. The van der Waals surface area contributed by atoms with Crippen LogP contribution < -0.4 is 5.32 Å². The van der Waals surface area contributed by atoms with E-state index in [1.165, 1.54) is 17.7 Å². The van der Waals surface area contributed by atoms with Crippen LogP contribution in [-0.4, -0.2) is 41.4 Å². The highest BCUT2D eigenvalue weighted by molar-refractivity contribution is 5.58. The Labute approximate surface area is 134 Å². The number of likely N-dealkylation sites (N-methyl/N-ethyl adjacent to an activating group) is 1. The van der Waals surface area contributed by atoms with Crippen molar-refractivity contribution in [2.45, 2.75) is 25.2 Å². The Bertz CT molecular complexity index is 740. The second-order valence-electron chi connectivity index (χ2n) is 6.50. The average Bonchev–Trinajstić information content (AvgIpc) is 3.10. The number of hydrogen-bond acceptors (Lipinski definition) is 3. The fourth-order valence-electron chi connectivity index (χ4n) is 3.75. The molecule has 0 aliphatic carbocycles. The minimum atomic E-state index is -0.587. The van der Waals surface area contributed by atoms with Crippen LogP contribution in [0.1, 0.15) is 30.0 Å². The molecule has 1 aromatic carbocycles. The topological polar surface area (TPSA) is 33.1 Å². The lowest BCUT2D eigenvalue weighted by Crippen LogP contribution is -2.31. The van der Waals surface area contributed by atoms with E-state index in [0.717, 1.165) is 56.5 Å². The summed E-state index contributed by atoms with van der Waals surface area (Å²) in [5.41, 5.74) is 2.56. The van der Waals surface area contributed by atoms with Crippen LogP contribution in [0.15, 0.2) is 18.2 Å². The summed E-state index contributed by atoms with van der Waals surface area (Å²) < 4.78 is 29.0. The molecule has 2 aromatic rings. The number of fused-ring (bicyclic) bond motifs is 1. The van der Waals surface area contributed by atoms with E-state index in [9.17, 15) is 8.78 Å². The number of nitrogens with zero attached hydrogens (tertiary/aromatic N) is 3. The van der Waals surface area contributed by atoms with E-state index in [1.807, 2.05) is 0 Å². The molecule has 2 aliphatic rings. The number of aromatic nitrogens is 2. The molecule has 1 unspecified atom stereocenters. The maximum absolute atomic E-state index is 14.2. The molecule has 1 aromatic heterocycles. The van der Waals surface area contributed by atoms with E-state index >= 15 is 0 Å². The van der Waals surface area contributed by atoms with Crippen molar-refractivity contribution < 1.29 is 8.78 Å². The van der Waals surface area contributed by atoms with Gasteiger partial charge in [-0.05, 0) is 45.0 Å². The van der Waals surface area contributed by atoms with Gasteiger partial charge in [0.15, 0.2) is 5.82 Å². The molecule has 0 radical (unpaired) electrons. The van der Waals surface area contributed by atoms with Gasteiger partial charge in [-0.25, -0.2) is 13.5 Å². The van der Waals surface area contributed by atoms with Gasteiger partial charge >= 0.3 is 0 Å². The Morgan fingerprint density at radius 3 is 2.96 bits per heavy atom. The minimum absolute atomic E-state index is 0.299. The van der Waals surface area contributed by atoms with Gasteiger partial charge in [-0.2, -0.15) is 5.10 Å². The maximum atomic E-state index is 14.2.